The predicted molar refractivity (Wildman–Crippen MR) is 90.3 cm³/mol. The SMILES string of the molecule is CSC(=S)NN=Cc1nccc2ccccc12.[Cl][Cu][Cl]. The van der Waals surface area contributed by atoms with Crippen molar-refractivity contribution in [2.75, 3.05) is 6.26 Å². The molecule has 111 valence electrons. The van der Waals surface area contributed by atoms with E-state index in [4.69, 9.17) is 12.2 Å². The normalized spacial score (nSPS) is 10.3. The van der Waals surface area contributed by atoms with Crippen LogP contribution in [0.5, 0.6) is 0 Å². The molecule has 0 saturated carbocycles. The third-order valence-electron chi connectivity index (χ3n) is 2.23. The number of hydrazone groups is 1. The van der Waals surface area contributed by atoms with Gasteiger partial charge in [0.05, 0.1) is 11.9 Å². The molecular formula is C12H11Cl2CuN3S2. The van der Waals surface area contributed by atoms with Crippen molar-refractivity contribution in [2.45, 2.75) is 0 Å². The summed E-state index contributed by atoms with van der Waals surface area (Å²) in [6.45, 7) is 0. The Hall–Kier alpha value is -0.361. The molecule has 0 fully saturated rings. The first kappa shape index (κ1) is 17.7. The fraction of sp³-hybridized carbons (Fsp3) is 0.0833. The summed E-state index contributed by atoms with van der Waals surface area (Å²) in [6.07, 6.45) is 5.36. The second kappa shape index (κ2) is 10.4. The number of fused-ring (bicyclic) bond motifs is 1. The van der Waals surface area contributed by atoms with Crippen molar-refractivity contribution in [3.8, 4) is 0 Å². The minimum atomic E-state index is 0.640. The van der Waals surface area contributed by atoms with Crippen molar-refractivity contribution in [1.29, 1.82) is 0 Å². The van der Waals surface area contributed by atoms with Crippen LogP contribution in [0.1, 0.15) is 5.69 Å². The van der Waals surface area contributed by atoms with Crippen molar-refractivity contribution in [1.82, 2.24) is 10.4 Å². The molecule has 0 bridgehead atoms. The summed E-state index contributed by atoms with van der Waals surface area (Å²) in [5, 5.41) is 6.29. The summed E-state index contributed by atoms with van der Waals surface area (Å²) < 4.78 is 0.640. The fourth-order valence-corrected chi connectivity index (χ4v) is 1.63. The molecule has 3 nitrogen and oxygen atoms in total. The van der Waals surface area contributed by atoms with E-state index in [9.17, 15) is 0 Å². The van der Waals surface area contributed by atoms with Gasteiger partial charge in [-0.1, -0.05) is 48.2 Å². The molecule has 8 heteroatoms. The first-order valence-corrected chi connectivity index (χ1v) is 9.47. The zero-order chi connectivity index (χ0) is 14.8. The number of hydrogen-bond donors (Lipinski definition) is 1. The second-order valence-corrected chi connectivity index (χ2v) is 6.36. The number of halogens is 2. The van der Waals surface area contributed by atoms with Gasteiger partial charge >= 0.3 is 33.3 Å². The summed E-state index contributed by atoms with van der Waals surface area (Å²) in [5.74, 6) is 0. The topological polar surface area (TPSA) is 37.3 Å². The summed E-state index contributed by atoms with van der Waals surface area (Å²) in [6, 6.07) is 10.0. The number of hydrogen-bond acceptors (Lipinski definition) is 4. The zero-order valence-electron chi connectivity index (χ0n) is 10.3. The van der Waals surface area contributed by atoms with Crippen molar-refractivity contribution < 1.29 is 13.1 Å². The van der Waals surface area contributed by atoms with Crippen LogP contribution < -0.4 is 5.43 Å². The average molecular weight is 396 g/mol. The predicted octanol–water partition coefficient (Wildman–Crippen LogP) is 4.18. The quantitative estimate of drug-likeness (QED) is 0.358. The van der Waals surface area contributed by atoms with Gasteiger partial charge in [-0.05, 0) is 17.7 Å². The number of aromatic nitrogens is 1. The van der Waals surface area contributed by atoms with Crippen molar-refractivity contribution >= 4 is 65.5 Å². The van der Waals surface area contributed by atoms with Gasteiger partial charge in [-0.2, -0.15) is 5.10 Å². The van der Waals surface area contributed by atoms with Crippen molar-refractivity contribution in [2.24, 2.45) is 5.10 Å². The van der Waals surface area contributed by atoms with Crippen LogP contribution in [-0.2, 0) is 13.1 Å². The molecule has 0 aliphatic carbocycles. The number of pyridine rings is 1. The van der Waals surface area contributed by atoms with E-state index in [0.717, 1.165) is 29.6 Å². The Morgan fingerprint density at radius 3 is 2.80 bits per heavy atom. The monoisotopic (exact) mass is 394 g/mol. The van der Waals surface area contributed by atoms with Gasteiger partial charge < -0.3 is 0 Å². The van der Waals surface area contributed by atoms with Crippen LogP contribution in [0.3, 0.4) is 0 Å². The third kappa shape index (κ3) is 5.95. The number of nitrogens with zero attached hydrogens (tertiary/aromatic N) is 2. The molecule has 2 aromatic rings. The molecule has 1 aromatic heterocycles. The average Bonchev–Trinajstić information content (AvgIpc) is 2.48. The first-order chi connectivity index (χ1) is 9.72. The molecule has 0 atom stereocenters. The summed E-state index contributed by atoms with van der Waals surface area (Å²) in [4.78, 5) is 4.29. The second-order valence-electron chi connectivity index (χ2n) is 3.32. The maximum absolute atomic E-state index is 4.98. The Balaban J connectivity index is 0.000000612. The molecule has 0 radical (unpaired) electrons. The summed E-state index contributed by atoms with van der Waals surface area (Å²) in [7, 11) is 9.34. The van der Waals surface area contributed by atoms with E-state index in [-0.39, 0.29) is 0 Å². The summed E-state index contributed by atoms with van der Waals surface area (Å²) in [5.41, 5.74) is 3.60. The van der Waals surface area contributed by atoms with Gasteiger partial charge in [0.15, 0.2) is 4.32 Å². The Morgan fingerprint density at radius 1 is 1.40 bits per heavy atom. The van der Waals surface area contributed by atoms with Gasteiger partial charge in [0, 0.05) is 11.6 Å². The number of thiocarbonyl (C=S) groups is 1. The maximum atomic E-state index is 4.98. The standard InChI is InChI=1S/C12H11N3S2.2ClH.Cu/c1-17-12(16)15-14-8-11-10-5-3-2-4-9(10)6-7-13-11;;;/h2-8H,1H3,(H,15,16);2*1H;/q;;;+2/p-2. The van der Waals surface area contributed by atoms with Gasteiger partial charge in [-0.3, -0.25) is 10.4 Å². The van der Waals surface area contributed by atoms with Crippen LogP contribution in [0.2, 0.25) is 0 Å². The van der Waals surface area contributed by atoms with Gasteiger partial charge in [0.1, 0.15) is 0 Å². The summed E-state index contributed by atoms with van der Waals surface area (Å²) >= 11 is 7.19. The molecule has 0 unspecified atom stereocenters. The number of nitrogens with one attached hydrogen (secondary N) is 1. The van der Waals surface area contributed by atoms with E-state index in [2.05, 4.69) is 35.7 Å². The molecule has 0 aliphatic rings. The Labute approximate surface area is 142 Å². The van der Waals surface area contributed by atoms with E-state index < -0.39 is 0 Å². The molecular weight excluding hydrogens is 385 g/mol. The van der Waals surface area contributed by atoms with E-state index >= 15 is 0 Å². The Bertz CT molecular complexity index is 590. The van der Waals surface area contributed by atoms with Crippen LogP contribution in [0.15, 0.2) is 41.6 Å². The van der Waals surface area contributed by atoms with Crippen LogP contribution >= 0.6 is 44.2 Å². The molecule has 0 saturated heterocycles. The number of thioether (sulfide) groups is 1. The molecule has 0 spiro atoms. The molecule has 1 N–H and O–H groups in total. The van der Waals surface area contributed by atoms with Crippen molar-refractivity contribution in [3.63, 3.8) is 0 Å². The molecule has 0 aliphatic heterocycles. The van der Waals surface area contributed by atoms with E-state index in [1.807, 2.05) is 36.6 Å². The fourth-order valence-electron chi connectivity index (χ4n) is 1.44. The minimum absolute atomic E-state index is 0.640. The van der Waals surface area contributed by atoms with E-state index in [1.54, 1.807) is 12.4 Å². The molecule has 20 heavy (non-hydrogen) atoms. The molecule has 0 amide bonds. The van der Waals surface area contributed by atoms with E-state index in [1.165, 1.54) is 11.8 Å². The van der Waals surface area contributed by atoms with Crippen LogP contribution in [0, 0.1) is 0 Å². The van der Waals surface area contributed by atoms with Gasteiger partial charge in [-0.15, -0.1) is 0 Å². The van der Waals surface area contributed by atoms with E-state index in [0.29, 0.717) is 4.32 Å². The first-order valence-electron chi connectivity index (χ1n) is 5.25. The van der Waals surface area contributed by atoms with Crippen LogP contribution in [-0.4, -0.2) is 21.8 Å². The Morgan fingerprint density at radius 2 is 2.10 bits per heavy atom. The van der Waals surface area contributed by atoms with Crippen LogP contribution in [0.25, 0.3) is 10.8 Å². The van der Waals surface area contributed by atoms with Gasteiger partial charge in [0.25, 0.3) is 0 Å². The molecule has 2 rings (SSSR count). The molecule has 1 aromatic carbocycles. The van der Waals surface area contributed by atoms with Crippen molar-refractivity contribution in [3.05, 3.63) is 42.2 Å². The number of rotatable bonds is 2. The molecule has 1 heterocycles. The Kier molecular flexibility index (Phi) is 9.18. The van der Waals surface area contributed by atoms with Crippen LogP contribution in [0.4, 0.5) is 0 Å². The van der Waals surface area contributed by atoms with Gasteiger partial charge in [-0.25, -0.2) is 0 Å². The van der Waals surface area contributed by atoms with Gasteiger partial charge in [0.2, 0.25) is 0 Å². The third-order valence-corrected chi connectivity index (χ3v) is 3.29. The number of benzene rings is 1. The zero-order valence-corrected chi connectivity index (χ0v) is 14.4.